The van der Waals surface area contributed by atoms with Gasteiger partial charge in [-0.2, -0.15) is 5.26 Å². The van der Waals surface area contributed by atoms with Gasteiger partial charge in [0.05, 0.1) is 30.2 Å². The number of pyridine rings is 1. The van der Waals surface area contributed by atoms with Crippen molar-refractivity contribution in [2.24, 2.45) is 0 Å². The Morgan fingerprint density at radius 2 is 2.53 bits per heavy atom. The summed E-state index contributed by atoms with van der Waals surface area (Å²) in [6.07, 6.45) is 2.77. The Hall–Kier alpha value is -1.80. The number of ether oxygens (including phenoxy) is 1. The number of nitrogens with zero attached hydrogens (tertiary/aromatic N) is 3. The lowest BCUT2D eigenvalue weighted by Crippen LogP contribution is -2.43. The van der Waals surface area contributed by atoms with Crippen LogP contribution in [0.15, 0.2) is 12.3 Å². The Morgan fingerprint density at radius 3 is 3.24 bits per heavy atom. The Bertz CT molecular complexity index is 441. The molecule has 1 unspecified atom stereocenters. The lowest BCUT2D eigenvalue weighted by Gasteiger charge is -2.33. The van der Waals surface area contributed by atoms with Gasteiger partial charge in [0.1, 0.15) is 11.9 Å². The van der Waals surface area contributed by atoms with Gasteiger partial charge in [-0.3, -0.25) is 0 Å². The van der Waals surface area contributed by atoms with E-state index < -0.39 is 0 Å². The van der Waals surface area contributed by atoms with Gasteiger partial charge in [0.25, 0.3) is 0 Å². The molecule has 0 saturated carbocycles. The number of hydrogen-bond acceptors (Lipinski definition) is 5. The summed E-state index contributed by atoms with van der Waals surface area (Å²) >= 11 is 0. The minimum atomic E-state index is 0.217. The van der Waals surface area contributed by atoms with Crippen LogP contribution in [0.2, 0.25) is 0 Å². The van der Waals surface area contributed by atoms with Crippen molar-refractivity contribution in [3.05, 3.63) is 17.8 Å². The second-order valence-electron chi connectivity index (χ2n) is 4.10. The molecule has 1 aliphatic heterocycles. The summed E-state index contributed by atoms with van der Waals surface area (Å²) in [5, 5.41) is 9.09. The molecule has 2 rings (SSSR count). The number of rotatable bonds is 2. The summed E-state index contributed by atoms with van der Waals surface area (Å²) in [6, 6.07) is 3.81. The second kappa shape index (κ2) is 5.02. The van der Waals surface area contributed by atoms with E-state index in [2.05, 4.69) is 22.9 Å². The quantitative estimate of drug-likeness (QED) is 0.827. The first-order chi connectivity index (χ1) is 8.24. The Balaban J connectivity index is 2.24. The third-order valence-corrected chi connectivity index (χ3v) is 2.90. The normalized spacial score (nSPS) is 20.0. The maximum atomic E-state index is 9.09. The Kier molecular flexibility index (Phi) is 3.45. The van der Waals surface area contributed by atoms with Crippen LogP contribution in [0.3, 0.4) is 0 Å². The summed E-state index contributed by atoms with van der Waals surface area (Å²) < 4.78 is 5.60. The van der Waals surface area contributed by atoms with Crippen molar-refractivity contribution in [2.45, 2.75) is 19.4 Å². The van der Waals surface area contributed by atoms with Crippen LogP contribution in [0.4, 0.5) is 11.5 Å². The number of anilines is 2. The molecule has 5 nitrogen and oxygen atoms in total. The van der Waals surface area contributed by atoms with Crippen LogP contribution in [-0.4, -0.2) is 30.8 Å². The van der Waals surface area contributed by atoms with E-state index in [0.717, 1.165) is 19.5 Å². The van der Waals surface area contributed by atoms with Crippen LogP contribution in [0.5, 0.6) is 0 Å². The molecule has 1 atom stereocenters. The van der Waals surface area contributed by atoms with Gasteiger partial charge >= 0.3 is 0 Å². The fraction of sp³-hybridized carbons (Fsp3) is 0.500. The zero-order valence-corrected chi connectivity index (χ0v) is 9.89. The van der Waals surface area contributed by atoms with Crippen molar-refractivity contribution >= 4 is 11.5 Å². The molecule has 1 aliphatic rings. The van der Waals surface area contributed by atoms with Crippen LogP contribution in [-0.2, 0) is 4.74 Å². The van der Waals surface area contributed by atoms with Crippen LogP contribution in [0, 0.1) is 11.3 Å². The standard InChI is InChI=1S/C12H16N4O/c1-2-11-8-16(3-4-17-11)12-9(6-13)5-10(14)7-15-12/h5,7,11H,2-4,8,14H2,1H3. The van der Waals surface area contributed by atoms with Crippen molar-refractivity contribution in [1.82, 2.24) is 4.98 Å². The Labute approximate surface area is 101 Å². The van der Waals surface area contributed by atoms with Gasteiger partial charge in [-0.15, -0.1) is 0 Å². The summed E-state index contributed by atoms with van der Waals surface area (Å²) in [5.41, 5.74) is 6.68. The molecule has 0 aromatic carbocycles. The first-order valence-corrected chi connectivity index (χ1v) is 5.76. The highest BCUT2D eigenvalue weighted by Crippen LogP contribution is 2.22. The van der Waals surface area contributed by atoms with E-state index in [9.17, 15) is 0 Å². The molecule has 90 valence electrons. The van der Waals surface area contributed by atoms with Gasteiger partial charge in [-0.1, -0.05) is 6.92 Å². The number of nitriles is 1. The van der Waals surface area contributed by atoms with Crippen molar-refractivity contribution in [3.8, 4) is 6.07 Å². The summed E-state index contributed by atoms with van der Waals surface area (Å²) in [5.74, 6) is 0.712. The van der Waals surface area contributed by atoms with Gasteiger partial charge in [-0.05, 0) is 12.5 Å². The van der Waals surface area contributed by atoms with Gasteiger partial charge in [0.15, 0.2) is 0 Å². The molecular weight excluding hydrogens is 216 g/mol. The van der Waals surface area contributed by atoms with E-state index in [0.29, 0.717) is 23.7 Å². The van der Waals surface area contributed by atoms with E-state index in [1.165, 1.54) is 0 Å². The molecule has 2 N–H and O–H groups in total. The molecule has 0 spiro atoms. The number of hydrogen-bond donors (Lipinski definition) is 1. The maximum Gasteiger partial charge on any atom is 0.146 e. The van der Waals surface area contributed by atoms with Crippen LogP contribution >= 0.6 is 0 Å². The summed E-state index contributed by atoms with van der Waals surface area (Å²) in [6.45, 7) is 4.31. The molecule has 1 aromatic heterocycles. The molecule has 0 amide bonds. The third kappa shape index (κ3) is 2.48. The monoisotopic (exact) mass is 232 g/mol. The van der Waals surface area contributed by atoms with Gasteiger partial charge in [-0.25, -0.2) is 4.98 Å². The largest absolute Gasteiger partial charge is 0.397 e. The second-order valence-corrected chi connectivity index (χ2v) is 4.10. The third-order valence-electron chi connectivity index (χ3n) is 2.90. The SMILES string of the molecule is CCC1CN(c2ncc(N)cc2C#N)CCO1. The van der Waals surface area contributed by atoms with E-state index in [1.54, 1.807) is 12.3 Å². The molecule has 0 radical (unpaired) electrons. The number of nitrogens with two attached hydrogens (primary N) is 1. The highest BCUT2D eigenvalue weighted by atomic mass is 16.5. The van der Waals surface area contributed by atoms with E-state index >= 15 is 0 Å². The molecule has 5 heteroatoms. The summed E-state index contributed by atoms with van der Waals surface area (Å²) in [4.78, 5) is 6.36. The fourth-order valence-corrected chi connectivity index (χ4v) is 1.97. The molecule has 1 aromatic rings. The maximum absolute atomic E-state index is 9.09. The molecule has 0 bridgehead atoms. The topological polar surface area (TPSA) is 75.2 Å². The highest BCUT2D eigenvalue weighted by molar-refractivity contribution is 5.59. The Morgan fingerprint density at radius 1 is 1.71 bits per heavy atom. The smallest absolute Gasteiger partial charge is 0.146 e. The van der Waals surface area contributed by atoms with E-state index in [1.807, 2.05) is 0 Å². The first-order valence-electron chi connectivity index (χ1n) is 5.76. The van der Waals surface area contributed by atoms with Crippen molar-refractivity contribution < 1.29 is 4.74 Å². The zero-order chi connectivity index (χ0) is 12.3. The average molecular weight is 232 g/mol. The minimum Gasteiger partial charge on any atom is -0.397 e. The van der Waals surface area contributed by atoms with Gasteiger partial charge in [0, 0.05) is 13.1 Å². The molecular formula is C12H16N4O. The van der Waals surface area contributed by atoms with E-state index in [4.69, 9.17) is 15.7 Å². The van der Waals surface area contributed by atoms with Crippen molar-refractivity contribution in [2.75, 3.05) is 30.3 Å². The predicted octanol–water partition coefficient (Wildman–Crippen LogP) is 1.15. The van der Waals surface area contributed by atoms with Crippen LogP contribution in [0.25, 0.3) is 0 Å². The first kappa shape index (κ1) is 11.7. The molecule has 0 aliphatic carbocycles. The fourth-order valence-electron chi connectivity index (χ4n) is 1.97. The average Bonchev–Trinajstić information content (AvgIpc) is 2.38. The number of aromatic nitrogens is 1. The lowest BCUT2D eigenvalue weighted by molar-refractivity contribution is 0.0381. The molecule has 2 heterocycles. The van der Waals surface area contributed by atoms with Crippen LogP contribution in [0.1, 0.15) is 18.9 Å². The van der Waals surface area contributed by atoms with Gasteiger partial charge < -0.3 is 15.4 Å². The van der Waals surface area contributed by atoms with Crippen LogP contribution < -0.4 is 10.6 Å². The van der Waals surface area contributed by atoms with Crippen molar-refractivity contribution in [1.29, 1.82) is 5.26 Å². The van der Waals surface area contributed by atoms with E-state index in [-0.39, 0.29) is 6.10 Å². The number of nitrogen functional groups attached to an aromatic ring is 1. The van der Waals surface area contributed by atoms with Crippen molar-refractivity contribution in [3.63, 3.8) is 0 Å². The number of morpholine rings is 1. The lowest BCUT2D eigenvalue weighted by atomic mass is 10.2. The molecule has 17 heavy (non-hydrogen) atoms. The minimum absolute atomic E-state index is 0.217. The summed E-state index contributed by atoms with van der Waals surface area (Å²) in [7, 11) is 0. The predicted molar refractivity (Wildman–Crippen MR) is 65.6 cm³/mol. The highest BCUT2D eigenvalue weighted by Gasteiger charge is 2.22. The molecule has 1 fully saturated rings. The zero-order valence-electron chi connectivity index (χ0n) is 9.89. The van der Waals surface area contributed by atoms with Gasteiger partial charge in [0.2, 0.25) is 0 Å². The molecule has 1 saturated heterocycles.